The summed E-state index contributed by atoms with van der Waals surface area (Å²) in [4.78, 5) is 29.6. The van der Waals surface area contributed by atoms with Crippen molar-refractivity contribution in [2.75, 3.05) is 23.7 Å². The van der Waals surface area contributed by atoms with Gasteiger partial charge in [0.25, 0.3) is 0 Å². The minimum absolute atomic E-state index is 0.0886. The molecule has 1 aromatic rings. The van der Waals surface area contributed by atoms with Crippen molar-refractivity contribution < 1.29 is 19.1 Å². The molecule has 2 amide bonds. The van der Waals surface area contributed by atoms with Gasteiger partial charge in [0.15, 0.2) is 0 Å². The first-order chi connectivity index (χ1) is 11.7. The lowest BCUT2D eigenvalue weighted by molar-refractivity contribution is 0.0369. The minimum atomic E-state index is -0.813. The quantitative estimate of drug-likeness (QED) is 0.844. The molecule has 1 aliphatic rings. The second kappa shape index (κ2) is 7.58. The van der Waals surface area contributed by atoms with Gasteiger partial charge >= 0.3 is 12.2 Å². The van der Waals surface area contributed by atoms with Crippen molar-refractivity contribution in [1.82, 2.24) is 10.3 Å². The normalized spacial score (nSPS) is 20.7. The van der Waals surface area contributed by atoms with Crippen LogP contribution in [-0.2, 0) is 9.47 Å². The van der Waals surface area contributed by atoms with E-state index in [0.717, 1.165) is 5.69 Å². The summed E-state index contributed by atoms with van der Waals surface area (Å²) in [6.07, 6.45) is 2.09. The average Bonchev–Trinajstić information content (AvgIpc) is 2.47. The Morgan fingerprint density at radius 3 is 2.68 bits per heavy atom. The third-order valence-electron chi connectivity index (χ3n) is 3.86. The Kier molecular flexibility index (Phi) is 5.71. The van der Waals surface area contributed by atoms with Gasteiger partial charge in [0.05, 0.1) is 17.6 Å². The zero-order valence-corrected chi connectivity index (χ0v) is 15.1. The molecule has 0 radical (unpaired) electrons. The van der Waals surface area contributed by atoms with E-state index in [2.05, 4.69) is 15.2 Å². The molecule has 2 atom stereocenters. The van der Waals surface area contributed by atoms with Gasteiger partial charge in [-0.25, -0.2) is 14.9 Å². The number of nitrogen functional groups attached to an aromatic ring is 1. The number of pyridine rings is 1. The predicted octanol–water partition coefficient (Wildman–Crippen LogP) is 2.54. The van der Waals surface area contributed by atoms with Crippen molar-refractivity contribution in [1.29, 1.82) is 0 Å². The van der Waals surface area contributed by atoms with Crippen molar-refractivity contribution in [2.24, 2.45) is 5.92 Å². The molecule has 138 valence electrons. The standard InChI is InChI=1S/C17H26N4O4/c1-11-10-21(13-5-7-19-9-12(13)18)8-6-14(11)24-15(22)20-16(23)25-17(2,3)4/h5,7,9,11,14H,6,8,10,18H2,1-4H3,(H,20,22,23). The molecule has 1 fully saturated rings. The molecule has 25 heavy (non-hydrogen) atoms. The number of amides is 2. The van der Waals surface area contributed by atoms with Gasteiger partial charge in [0.1, 0.15) is 11.7 Å². The Bertz CT molecular complexity index is 629. The van der Waals surface area contributed by atoms with E-state index in [1.807, 2.05) is 13.0 Å². The van der Waals surface area contributed by atoms with E-state index in [0.29, 0.717) is 25.2 Å². The minimum Gasteiger partial charge on any atom is -0.445 e. The molecule has 3 N–H and O–H groups in total. The molecule has 8 heteroatoms. The van der Waals surface area contributed by atoms with Gasteiger partial charge in [-0.3, -0.25) is 4.98 Å². The van der Waals surface area contributed by atoms with Crippen LogP contribution in [-0.4, -0.2) is 42.0 Å². The van der Waals surface area contributed by atoms with Gasteiger partial charge in [-0.2, -0.15) is 0 Å². The number of anilines is 2. The van der Waals surface area contributed by atoms with E-state index in [4.69, 9.17) is 15.2 Å². The van der Waals surface area contributed by atoms with Gasteiger partial charge in [-0.15, -0.1) is 0 Å². The zero-order valence-electron chi connectivity index (χ0n) is 15.1. The van der Waals surface area contributed by atoms with Crippen molar-refractivity contribution in [3.63, 3.8) is 0 Å². The third-order valence-corrected chi connectivity index (χ3v) is 3.86. The van der Waals surface area contributed by atoms with Crippen LogP contribution < -0.4 is 16.0 Å². The van der Waals surface area contributed by atoms with Crippen LogP contribution in [0.4, 0.5) is 21.0 Å². The first kappa shape index (κ1) is 18.8. The van der Waals surface area contributed by atoms with Gasteiger partial charge in [0, 0.05) is 31.6 Å². The Morgan fingerprint density at radius 2 is 2.08 bits per heavy atom. The number of nitrogens with zero attached hydrogens (tertiary/aromatic N) is 2. The highest BCUT2D eigenvalue weighted by atomic mass is 16.6. The molecular formula is C17H26N4O4. The molecule has 1 aliphatic heterocycles. The van der Waals surface area contributed by atoms with Gasteiger partial charge < -0.3 is 20.1 Å². The lowest BCUT2D eigenvalue weighted by atomic mass is 9.96. The molecule has 0 aromatic carbocycles. The molecule has 1 aromatic heterocycles. The summed E-state index contributed by atoms with van der Waals surface area (Å²) >= 11 is 0. The van der Waals surface area contributed by atoms with Crippen molar-refractivity contribution in [2.45, 2.75) is 45.8 Å². The van der Waals surface area contributed by atoms with Crippen LogP contribution >= 0.6 is 0 Å². The third kappa shape index (κ3) is 5.51. The molecule has 2 rings (SSSR count). The van der Waals surface area contributed by atoms with E-state index in [-0.39, 0.29) is 12.0 Å². The number of aromatic nitrogens is 1. The topological polar surface area (TPSA) is 107 Å². The largest absolute Gasteiger partial charge is 0.445 e. The van der Waals surface area contributed by atoms with Gasteiger partial charge in [0.2, 0.25) is 0 Å². The van der Waals surface area contributed by atoms with Gasteiger partial charge in [-0.05, 0) is 26.8 Å². The fourth-order valence-electron chi connectivity index (χ4n) is 2.76. The first-order valence-corrected chi connectivity index (χ1v) is 8.31. The maximum atomic E-state index is 11.9. The fourth-order valence-corrected chi connectivity index (χ4v) is 2.76. The van der Waals surface area contributed by atoms with Crippen LogP contribution in [0.3, 0.4) is 0 Å². The fraction of sp³-hybridized carbons (Fsp3) is 0.588. The lowest BCUT2D eigenvalue weighted by Crippen LogP contribution is -2.46. The molecule has 0 bridgehead atoms. The van der Waals surface area contributed by atoms with Crippen LogP contribution in [0, 0.1) is 5.92 Å². The highest BCUT2D eigenvalue weighted by molar-refractivity contribution is 5.87. The second-order valence-electron chi connectivity index (χ2n) is 7.22. The first-order valence-electron chi connectivity index (χ1n) is 8.31. The summed E-state index contributed by atoms with van der Waals surface area (Å²) in [5.41, 5.74) is 6.84. The monoisotopic (exact) mass is 350 g/mol. The molecule has 0 saturated carbocycles. The highest BCUT2D eigenvalue weighted by Crippen LogP contribution is 2.28. The Balaban J connectivity index is 1.86. The Labute approximate surface area is 147 Å². The SMILES string of the molecule is CC1CN(c2ccncc2N)CCC1OC(=O)NC(=O)OC(C)(C)C. The zero-order chi connectivity index (χ0) is 18.6. The highest BCUT2D eigenvalue weighted by Gasteiger charge is 2.30. The number of alkyl carbamates (subject to hydrolysis) is 2. The summed E-state index contributed by atoms with van der Waals surface area (Å²) in [6, 6.07) is 1.87. The Morgan fingerprint density at radius 1 is 1.36 bits per heavy atom. The van der Waals surface area contributed by atoms with E-state index >= 15 is 0 Å². The number of nitrogens with two attached hydrogens (primary N) is 1. The molecule has 2 unspecified atom stereocenters. The predicted molar refractivity (Wildman–Crippen MR) is 94.3 cm³/mol. The van der Waals surface area contributed by atoms with Crippen LogP contribution in [0.15, 0.2) is 18.5 Å². The smallest absolute Gasteiger partial charge is 0.417 e. The number of piperidine rings is 1. The van der Waals surface area contributed by atoms with E-state index < -0.39 is 17.8 Å². The van der Waals surface area contributed by atoms with Crippen molar-refractivity contribution in [3.05, 3.63) is 18.5 Å². The molecule has 0 aliphatic carbocycles. The number of carbonyl (C=O) groups is 2. The number of hydrogen-bond donors (Lipinski definition) is 2. The summed E-state index contributed by atoms with van der Waals surface area (Å²) in [6.45, 7) is 8.55. The average molecular weight is 350 g/mol. The summed E-state index contributed by atoms with van der Waals surface area (Å²) < 4.78 is 10.4. The molecule has 2 heterocycles. The van der Waals surface area contributed by atoms with Crippen molar-refractivity contribution >= 4 is 23.6 Å². The van der Waals surface area contributed by atoms with Crippen molar-refractivity contribution in [3.8, 4) is 0 Å². The summed E-state index contributed by atoms with van der Waals surface area (Å²) in [5, 5.41) is 2.09. The Hall–Kier alpha value is -2.51. The maximum absolute atomic E-state index is 11.9. The number of carbonyl (C=O) groups excluding carboxylic acids is 2. The summed E-state index contributed by atoms with van der Waals surface area (Å²) in [5.74, 6) is 0.0886. The number of nitrogens with one attached hydrogen (secondary N) is 1. The number of hydrogen-bond acceptors (Lipinski definition) is 7. The van der Waals surface area contributed by atoms with Crippen LogP contribution in [0.2, 0.25) is 0 Å². The molecular weight excluding hydrogens is 324 g/mol. The van der Waals surface area contributed by atoms with Crippen LogP contribution in [0.5, 0.6) is 0 Å². The van der Waals surface area contributed by atoms with E-state index in [1.165, 1.54) is 0 Å². The summed E-state index contributed by atoms with van der Waals surface area (Å²) in [7, 11) is 0. The maximum Gasteiger partial charge on any atom is 0.417 e. The lowest BCUT2D eigenvalue weighted by Gasteiger charge is -2.38. The molecule has 0 spiro atoms. The van der Waals surface area contributed by atoms with Crippen LogP contribution in [0.25, 0.3) is 0 Å². The van der Waals surface area contributed by atoms with Crippen LogP contribution in [0.1, 0.15) is 34.1 Å². The number of ether oxygens (including phenoxy) is 2. The van der Waals surface area contributed by atoms with E-state index in [9.17, 15) is 9.59 Å². The molecule has 8 nitrogen and oxygen atoms in total. The number of imide groups is 1. The van der Waals surface area contributed by atoms with Gasteiger partial charge in [-0.1, -0.05) is 6.92 Å². The second-order valence-corrected chi connectivity index (χ2v) is 7.22. The molecule has 1 saturated heterocycles. The number of rotatable bonds is 2. The van der Waals surface area contributed by atoms with E-state index in [1.54, 1.807) is 33.2 Å².